The zero-order chi connectivity index (χ0) is 13.2. The first kappa shape index (κ1) is 14.1. The van der Waals surface area contributed by atoms with Crippen molar-refractivity contribution >= 4 is 11.8 Å². The molecule has 1 rings (SSSR count). The fraction of sp³-hybridized carbons (Fsp3) is 0.417. The first-order chi connectivity index (χ1) is 8.74. The number of aromatic nitrogens is 1. The third-order valence-corrected chi connectivity index (χ3v) is 2.19. The molecule has 1 aromatic heterocycles. The van der Waals surface area contributed by atoms with Crippen LogP contribution in [0.1, 0.15) is 16.8 Å². The number of rotatable bonds is 7. The molecule has 6 heteroatoms. The van der Waals surface area contributed by atoms with E-state index in [1.165, 1.54) is 6.20 Å². The van der Waals surface area contributed by atoms with Crippen molar-refractivity contribution in [2.45, 2.75) is 6.42 Å². The molecule has 1 heterocycles. The van der Waals surface area contributed by atoms with E-state index in [0.29, 0.717) is 31.7 Å². The number of hydrogen-bond donors (Lipinski definition) is 2. The third kappa shape index (κ3) is 5.40. The van der Waals surface area contributed by atoms with E-state index in [-0.39, 0.29) is 11.8 Å². The highest BCUT2D eigenvalue weighted by molar-refractivity contribution is 5.93. The van der Waals surface area contributed by atoms with Crippen LogP contribution in [0.5, 0.6) is 0 Å². The quantitative estimate of drug-likeness (QED) is 0.667. The minimum Gasteiger partial charge on any atom is -0.384 e. The molecule has 0 saturated heterocycles. The molecule has 0 radical (unpaired) electrons. The maximum Gasteiger partial charge on any atom is 0.252 e. The predicted octanol–water partition coefficient (Wildman–Crippen LogP) is -0.0359. The second-order valence-corrected chi connectivity index (χ2v) is 3.59. The molecule has 0 aromatic carbocycles. The van der Waals surface area contributed by atoms with E-state index in [1.54, 1.807) is 25.4 Å². The smallest absolute Gasteiger partial charge is 0.252 e. The largest absolute Gasteiger partial charge is 0.384 e. The van der Waals surface area contributed by atoms with Gasteiger partial charge in [0.2, 0.25) is 5.91 Å². The summed E-state index contributed by atoms with van der Waals surface area (Å²) in [7, 11) is 1.54. The lowest BCUT2D eigenvalue weighted by atomic mass is 10.3. The topological polar surface area (TPSA) is 80.3 Å². The van der Waals surface area contributed by atoms with Crippen molar-refractivity contribution in [1.29, 1.82) is 0 Å². The van der Waals surface area contributed by atoms with Crippen molar-refractivity contribution in [1.82, 2.24) is 15.6 Å². The Hall–Kier alpha value is -1.95. The summed E-state index contributed by atoms with van der Waals surface area (Å²) in [4.78, 5) is 26.6. The lowest BCUT2D eigenvalue weighted by Crippen LogP contribution is -2.35. The highest BCUT2D eigenvalue weighted by Gasteiger charge is 2.04. The van der Waals surface area contributed by atoms with Gasteiger partial charge in [0.15, 0.2) is 0 Å². The molecule has 0 bridgehead atoms. The Labute approximate surface area is 106 Å². The summed E-state index contributed by atoms with van der Waals surface area (Å²) in [5.74, 6) is -0.290. The average Bonchev–Trinajstić information content (AvgIpc) is 2.42. The fourth-order valence-corrected chi connectivity index (χ4v) is 1.26. The second kappa shape index (κ2) is 8.19. The predicted molar refractivity (Wildman–Crippen MR) is 66.1 cm³/mol. The van der Waals surface area contributed by atoms with Crippen LogP contribution in [-0.4, -0.2) is 43.6 Å². The van der Waals surface area contributed by atoms with E-state index in [4.69, 9.17) is 4.74 Å². The number of nitrogens with one attached hydrogen (secondary N) is 2. The molecule has 0 spiro atoms. The van der Waals surface area contributed by atoms with Gasteiger partial charge >= 0.3 is 0 Å². The van der Waals surface area contributed by atoms with Gasteiger partial charge in [-0.15, -0.1) is 0 Å². The summed E-state index contributed by atoms with van der Waals surface area (Å²) in [5, 5.41) is 5.36. The van der Waals surface area contributed by atoms with Gasteiger partial charge in [0.1, 0.15) is 0 Å². The van der Waals surface area contributed by atoms with Gasteiger partial charge in [0.25, 0.3) is 5.91 Å². The molecular weight excluding hydrogens is 234 g/mol. The van der Waals surface area contributed by atoms with Crippen LogP contribution >= 0.6 is 0 Å². The first-order valence-corrected chi connectivity index (χ1v) is 5.68. The maximum atomic E-state index is 11.6. The van der Waals surface area contributed by atoms with Crippen LogP contribution in [0.15, 0.2) is 24.5 Å². The minimum absolute atomic E-state index is 0.0903. The molecule has 2 N–H and O–H groups in total. The second-order valence-electron chi connectivity index (χ2n) is 3.59. The zero-order valence-corrected chi connectivity index (χ0v) is 10.3. The average molecular weight is 251 g/mol. The number of carbonyl (C=O) groups is 2. The number of ether oxygens (including phenoxy) is 1. The van der Waals surface area contributed by atoms with Crippen LogP contribution in [0.4, 0.5) is 0 Å². The van der Waals surface area contributed by atoms with E-state index in [9.17, 15) is 9.59 Å². The number of carbonyl (C=O) groups excluding carboxylic acids is 2. The van der Waals surface area contributed by atoms with Gasteiger partial charge < -0.3 is 15.4 Å². The molecule has 0 atom stereocenters. The molecular formula is C12H17N3O3. The van der Waals surface area contributed by atoms with E-state index < -0.39 is 0 Å². The number of methoxy groups -OCH3 is 1. The van der Waals surface area contributed by atoms with E-state index in [2.05, 4.69) is 15.6 Å². The van der Waals surface area contributed by atoms with Gasteiger partial charge in [0, 0.05) is 39.0 Å². The van der Waals surface area contributed by atoms with Crippen molar-refractivity contribution in [2.75, 3.05) is 26.8 Å². The van der Waals surface area contributed by atoms with Crippen LogP contribution in [0.3, 0.4) is 0 Å². The number of amides is 2. The van der Waals surface area contributed by atoms with Gasteiger partial charge in [-0.2, -0.15) is 0 Å². The Morgan fingerprint density at radius 1 is 1.33 bits per heavy atom. The lowest BCUT2D eigenvalue weighted by Gasteiger charge is -2.06. The Kier molecular flexibility index (Phi) is 6.42. The Morgan fingerprint density at radius 2 is 2.11 bits per heavy atom. The standard InChI is InChI=1S/C12H17N3O3/c1-18-8-4-11(16)14-6-7-15-12(17)10-3-2-5-13-9-10/h2-3,5,9H,4,6-8H2,1H3,(H,14,16)(H,15,17). The summed E-state index contributed by atoms with van der Waals surface area (Å²) >= 11 is 0. The van der Waals surface area contributed by atoms with Crippen molar-refractivity contribution < 1.29 is 14.3 Å². The third-order valence-electron chi connectivity index (χ3n) is 2.19. The van der Waals surface area contributed by atoms with E-state index in [0.717, 1.165) is 0 Å². The van der Waals surface area contributed by atoms with Crippen LogP contribution in [0.25, 0.3) is 0 Å². The summed E-state index contributed by atoms with van der Waals surface area (Å²) in [6.45, 7) is 1.18. The molecule has 2 amide bonds. The number of nitrogens with zero attached hydrogens (tertiary/aromatic N) is 1. The molecule has 18 heavy (non-hydrogen) atoms. The van der Waals surface area contributed by atoms with Crippen LogP contribution in [-0.2, 0) is 9.53 Å². The number of hydrogen-bond acceptors (Lipinski definition) is 4. The lowest BCUT2D eigenvalue weighted by molar-refractivity contribution is -0.121. The van der Waals surface area contributed by atoms with E-state index in [1.807, 2.05) is 0 Å². The van der Waals surface area contributed by atoms with Crippen LogP contribution in [0.2, 0.25) is 0 Å². The van der Waals surface area contributed by atoms with Gasteiger partial charge in [-0.3, -0.25) is 14.6 Å². The van der Waals surface area contributed by atoms with Crippen LogP contribution in [0, 0.1) is 0 Å². The van der Waals surface area contributed by atoms with Crippen LogP contribution < -0.4 is 10.6 Å². The normalized spacial score (nSPS) is 9.83. The summed E-state index contributed by atoms with van der Waals surface area (Å²) < 4.78 is 4.78. The summed E-state index contributed by atoms with van der Waals surface area (Å²) in [6.07, 6.45) is 3.42. The van der Waals surface area contributed by atoms with Crippen molar-refractivity contribution in [3.63, 3.8) is 0 Å². The molecule has 98 valence electrons. The Bertz CT molecular complexity index is 381. The SMILES string of the molecule is COCCC(=O)NCCNC(=O)c1cccnc1. The molecule has 0 aliphatic carbocycles. The first-order valence-electron chi connectivity index (χ1n) is 5.68. The Morgan fingerprint density at radius 3 is 2.78 bits per heavy atom. The summed E-state index contributed by atoms with van der Waals surface area (Å²) in [6, 6.07) is 3.38. The maximum absolute atomic E-state index is 11.6. The van der Waals surface area contributed by atoms with Gasteiger partial charge in [-0.05, 0) is 12.1 Å². The minimum atomic E-state index is -0.200. The van der Waals surface area contributed by atoms with Gasteiger partial charge in [-0.1, -0.05) is 0 Å². The Balaban J connectivity index is 2.15. The number of pyridine rings is 1. The van der Waals surface area contributed by atoms with E-state index >= 15 is 0 Å². The molecule has 0 saturated carbocycles. The van der Waals surface area contributed by atoms with Crippen molar-refractivity contribution in [3.05, 3.63) is 30.1 Å². The summed E-state index contributed by atoms with van der Waals surface area (Å²) in [5.41, 5.74) is 0.503. The van der Waals surface area contributed by atoms with Crippen molar-refractivity contribution in [3.8, 4) is 0 Å². The van der Waals surface area contributed by atoms with Gasteiger partial charge in [0.05, 0.1) is 12.2 Å². The highest BCUT2D eigenvalue weighted by Crippen LogP contribution is 1.94. The molecule has 1 aromatic rings. The molecule has 0 unspecified atom stereocenters. The molecule has 6 nitrogen and oxygen atoms in total. The zero-order valence-electron chi connectivity index (χ0n) is 10.3. The molecule has 0 fully saturated rings. The molecule has 0 aliphatic rings. The van der Waals surface area contributed by atoms with Gasteiger partial charge in [-0.25, -0.2) is 0 Å². The highest BCUT2D eigenvalue weighted by atomic mass is 16.5. The fourth-order valence-electron chi connectivity index (χ4n) is 1.26. The monoisotopic (exact) mass is 251 g/mol. The van der Waals surface area contributed by atoms with Crippen molar-refractivity contribution in [2.24, 2.45) is 0 Å². The molecule has 0 aliphatic heterocycles.